The molecule has 0 radical (unpaired) electrons. The van der Waals surface area contributed by atoms with Gasteiger partial charge in [0.25, 0.3) is 0 Å². The van der Waals surface area contributed by atoms with Gasteiger partial charge in [-0.3, -0.25) is 0 Å². The zero-order chi connectivity index (χ0) is 18.1. The quantitative estimate of drug-likeness (QED) is 0.497. The second kappa shape index (κ2) is 6.99. The first-order valence-corrected chi connectivity index (χ1v) is 9.68. The van der Waals surface area contributed by atoms with Crippen molar-refractivity contribution in [3.05, 3.63) is 88.5 Å². The van der Waals surface area contributed by atoms with E-state index >= 15 is 0 Å². The van der Waals surface area contributed by atoms with E-state index in [0.717, 1.165) is 0 Å². The number of aryl methyl sites for hydroxylation is 5. The smallest absolute Gasteiger partial charge is 0.0490 e. The van der Waals surface area contributed by atoms with Gasteiger partial charge >= 0.3 is 0 Å². The van der Waals surface area contributed by atoms with Crippen LogP contribution in [0.4, 0.5) is 17.1 Å². The van der Waals surface area contributed by atoms with E-state index in [4.69, 9.17) is 0 Å². The van der Waals surface area contributed by atoms with Gasteiger partial charge in [-0.2, -0.15) is 0 Å². The summed E-state index contributed by atoms with van der Waals surface area (Å²) in [6, 6.07) is 22.6. The van der Waals surface area contributed by atoms with Crippen molar-refractivity contribution in [3.63, 3.8) is 0 Å². The normalized spacial score (nSPS) is 13.3. The average molecular weight is 341 g/mol. The van der Waals surface area contributed by atoms with E-state index in [1.807, 2.05) is 0 Å². The highest BCUT2D eigenvalue weighted by atomic mass is 15.1. The molecule has 26 heavy (non-hydrogen) atoms. The monoisotopic (exact) mass is 341 g/mol. The highest BCUT2D eigenvalue weighted by Gasteiger charge is 2.17. The number of rotatable bonds is 3. The molecular weight excluding hydrogens is 314 g/mol. The Kier molecular flexibility index (Phi) is 4.55. The molecule has 0 saturated carbocycles. The van der Waals surface area contributed by atoms with Crippen LogP contribution in [0.3, 0.4) is 0 Å². The van der Waals surface area contributed by atoms with Crippen molar-refractivity contribution >= 4 is 17.1 Å². The Morgan fingerprint density at radius 1 is 0.615 bits per heavy atom. The van der Waals surface area contributed by atoms with Gasteiger partial charge in [-0.25, -0.2) is 0 Å². The fourth-order valence-electron chi connectivity index (χ4n) is 4.04. The third-order valence-electron chi connectivity index (χ3n) is 5.48. The van der Waals surface area contributed by atoms with Gasteiger partial charge in [0.2, 0.25) is 0 Å². The summed E-state index contributed by atoms with van der Waals surface area (Å²) in [7, 11) is 0. The van der Waals surface area contributed by atoms with Crippen LogP contribution in [0.15, 0.2) is 60.7 Å². The molecule has 132 valence electrons. The molecular formula is C25H27N. The molecule has 0 atom stereocenters. The largest absolute Gasteiger partial charge is 0.310 e. The Labute approximate surface area is 157 Å². The molecule has 0 N–H and O–H groups in total. The topological polar surface area (TPSA) is 3.24 Å². The Bertz CT molecular complexity index is 921. The SMILES string of the molecule is Cc1ccc(N(c2ccc3c(c2)CCCC3)c2ccc(C)cc2C)cc1. The molecule has 3 aromatic rings. The van der Waals surface area contributed by atoms with E-state index in [0.29, 0.717) is 0 Å². The predicted molar refractivity (Wildman–Crippen MR) is 112 cm³/mol. The molecule has 1 heteroatoms. The fourth-order valence-corrected chi connectivity index (χ4v) is 4.04. The van der Waals surface area contributed by atoms with E-state index in [1.54, 1.807) is 0 Å². The maximum Gasteiger partial charge on any atom is 0.0490 e. The zero-order valence-electron chi connectivity index (χ0n) is 16.0. The summed E-state index contributed by atoms with van der Waals surface area (Å²) in [6.45, 7) is 6.51. The van der Waals surface area contributed by atoms with Crippen LogP contribution in [0.1, 0.15) is 40.7 Å². The minimum atomic E-state index is 1.21. The van der Waals surface area contributed by atoms with Crippen molar-refractivity contribution in [2.24, 2.45) is 0 Å². The van der Waals surface area contributed by atoms with Gasteiger partial charge in [0, 0.05) is 17.1 Å². The van der Waals surface area contributed by atoms with Crippen molar-refractivity contribution < 1.29 is 0 Å². The van der Waals surface area contributed by atoms with Crippen LogP contribution in [0.2, 0.25) is 0 Å². The molecule has 0 aromatic heterocycles. The molecule has 0 aliphatic heterocycles. The molecule has 0 spiro atoms. The van der Waals surface area contributed by atoms with Gasteiger partial charge in [0.1, 0.15) is 0 Å². The zero-order valence-corrected chi connectivity index (χ0v) is 16.0. The molecule has 0 saturated heterocycles. The maximum atomic E-state index is 2.41. The number of hydrogen-bond acceptors (Lipinski definition) is 1. The fraction of sp³-hybridized carbons (Fsp3) is 0.280. The van der Waals surface area contributed by atoms with Gasteiger partial charge in [-0.1, -0.05) is 41.5 Å². The lowest BCUT2D eigenvalue weighted by Gasteiger charge is -2.29. The highest BCUT2D eigenvalue weighted by Crippen LogP contribution is 2.38. The third kappa shape index (κ3) is 3.26. The van der Waals surface area contributed by atoms with E-state index in [-0.39, 0.29) is 0 Å². The van der Waals surface area contributed by atoms with Gasteiger partial charge in [0.05, 0.1) is 0 Å². The van der Waals surface area contributed by atoms with E-state index in [2.05, 4.69) is 86.3 Å². The van der Waals surface area contributed by atoms with Gasteiger partial charge < -0.3 is 4.90 Å². The second-order valence-electron chi connectivity index (χ2n) is 7.62. The van der Waals surface area contributed by atoms with E-state index in [1.165, 1.54) is 70.6 Å². The second-order valence-corrected chi connectivity index (χ2v) is 7.62. The van der Waals surface area contributed by atoms with Crippen LogP contribution in [0.5, 0.6) is 0 Å². The lowest BCUT2D eigenvalue weighted by Crippen LogP contribution is -2.13. The first-order chi connectivity index (χ1) is 12.6. The summed E-state index contributed by atoms with van der Waals surface area (Å²) < 4.78 is 0. The van der Waals surface area contributed by atoms with Crippen LogP contribution in [-0.2, 0) is 12.8 Å². The van der Waals surface area contributed by atoms with Crippen molar-refractivity contribution in [2.45, 2.75) is 46.5 Å². The van der Waals surface area contributed by atoms with Gasteiger partial charge in [-0.15, -0.1) is 0 Å². The van der Waals surface area contributed by atoms with Gasteiger partial charge in [-0.05, 0) is 93.5 Å². The standard InChI is InChI=1S/C25H27N/c1-18-8-12-23(13-9-18)26(25-15-10-19(2)16-20(25)3)24-14-11-21-6-4-5-7-22(21)17-24/h8-17H,4-7H2,1-3H3. The Morgan fingerprint density at radius 3 is 2.00 bits per heavy atom. The van der Waals surface area contributed by atoms with Crippen molar-refractivity contribution in [3.8, 4) is 0 Å². The summed E-state index contributed by atoms with van der Waals surface area (Å²) in [5.41, 5.74) is 10.7. The molecule has 0 unspecified atom stereocenters. The Hall–Kier alpha value is -2.54. The third-order valence-corrected chi connectivity index (χ3v) is 5.48. The summed E-state index contributed by atoms with van der Waals surface area (Å²) in [4.78, 5) is 2.41. The van der Waals surface area contributed by atoms with Crippen LogP contribution in [-0.4, -0.2) is 0 Å². The van der Waals surface area contributed by atoms with Crippen molar-refractivity contribution in [2.75, 3.05) is 4.90 Å². The maximum absolute atomic E-state index is 2.41. The van der Waals surface area contributed by atoms with Crippen LogP contribution in [0, 0.1) is 20.8 Å². The van der Waals surface area contributed by atoms with E-state index < -0.39 is 0 Å². The summed E-state index contributed by atoms with van der Waals surface area (Å²) in [6.07, 6.45) is 5.07. The highest BCUT2D eigenvalue weighted by molar-refractivity contribution is 5.79. The van der Waals surface area contributed by atoms with Crippen molar-refractivity contribution in [1.29, 1.82) is 0 Å². The summed E-state index contributed by atoms with van der Waals surface area (Å²) in [5, 5.41) is 0. The molecule has 1 nitrogen and oxygen atoms in total. The average Bonchev–Trinajstić information content (AvgIpc) is 2.65. The van der Waals surface area contributed by atoms with Crippen LogP contribution in [0.25, 0.3) is 0 Å². The number of nitrogens with zero attached hydrogens (tertiary/aromatic N) is 1. The summed E-state index contributed by atoms with van der Waals surface area (Å²) >= 11 is 0. The first kappa shape index (κ1) is 16.9. The van der Waals surface area contributed by atoms with E-state index in [9.17, 15) is 0 Å². The molecule has 1 aliphatic carbocycles. The first-order valence-electron chi connectivity index (χ1n) is 9.68. The van der Waals surface area contributed by atoms with Gasteiger partial charge in [0.15, 0.2) is 0 Å². The molecule has 0 bridgehead atoms. The molecule has 0 heterocycles. The molecule has 0 fully saturated rings. The molecule has 3 aromatic carbocycles. The lowest BCUT2D eigenvalue weighted by molar-refractivity contribution is 0.685. The van der Waals surface area contributed by atoms with Crippen LogP contribution < -0.4 is 4.90 Å². The van der Waals surface area contributed by atoms with Crippen LogP contribution >= 0.6 is 0 Å². The molecule has 0 amide bonds. The van der Waals surface area contributed by atoms with Crippen molar-refractivity contribution in [1.82, 2.24) is 0 Å². The minimum absolute atomic E-state index is 1.21. The minimum Gasteiger partial charge on any atom is -0.310 e. The number of fused-ring (bicyclic) bond motifs is 1. The lowest BCUT2D eigenvalue weighted by atomic mass is 9.91. The Morgan fingerprint density at radius 2 is 1.27 bits per heavy atom. The number of anilines is 3. The molecule has 4 rings (SSSR count). The predicted octanol–water partition coefficient (Wildman–Crippen LogP) is 6.96. The number of hydrogen-bond donors (Lipinski definition) is 0. The molecule has 1 aliphatic rings. The Balaban J connectivity index is 1.86. The number of benzene rings is 3. The summed E-state index contributed by atoms with van der Waals surface area (Å²) in [5.74, 6) is 0.